The molecule has 0 fully saturated rings. The number of carbonyl (C=O) groups is 1. The summed E-state index contributed by atoms with van der Waals surface area (Å²) >= 11 is 0. The molecule has 0 aromatic heterocycles. The van der Waals surface area contributed by atoms with E-state index in [0.717, 1.165) is 0 Å². The minimum Gasteiger partial charge on any atom is -0.272 e. The fraction of sp³-hybridized carbons (Fsp3) is 0.667. The molecule has 12 heavy (non-hydrogen) atoms. The number of hydroxylamine groups is 2. The summed E-state index contributed by atoms with van der Waals surface area (Å²) in [6, 6.07) is 0. The number of carbonyl (C=O) groups excluding carboxylic acids is 1. The second kappa shape index (κ2) is 3.27. The van der Waals surface area contributed by atoms with Crippen LogP contribution in [0.4, 0.5) is 0 Å². The Bertz CT molecular complexity index is 209. The molecule has 0 unspecified atom stereocenters. The highest BCUT2D eigenvalue weighted by Gasteiger charge is 2.27. The molecule has 1 rings (SSSR count). The summed E-state index contributed by atoms with van der Waals surface area (Å²) in [5.41, 5.74) is -0.0231. The molecule has 0 spiro atoms. The van der Waals surface area contributed by atoms with E-state index in [1.165, 1.54) is 5.06 Å². The van der Waals surface area contributed by atoms with Crippen LogP contribution in [0.3, 0.4) is 0 Å². The van der Waals surface area contributed by atoms with E-state index >= 15 is 0 Å². The molecule has 0 radical (unpaired) electrons. The lowest BCUT2D eigenvalue weighted by Gasteiger charge is -2.29. The first kappa shape index (κ1) is 9.26. The number of hydrogen-bond donors (Lipinski definition) is 0. The average Bonchev–Trinajstić information content (AvgIpc) is 1.94. The van der Waals surface area contributed by atoms with Gasteiger partial charge in [-0.05, 0) is 12.3 Å². The SMILES string of the molecule is CCON1C=CC(C)(C)CC1=O. The summed E-state index contributed by atoms with van der Waals surface area (Å²) in [6.45, 7) is 6.45. The summed E-state index contributed by atoms with van der Waals surface area (Å²) in [4.78, 5) is 16.4. The van der Waals surface area contributed by atoms with Crippen LogP contribution in [0.5, 0.6) is 0 Å². The minimum absolute atomic E-state index is 0.0231. The first-order chi connectivity index (χ1) is 5.55. The van der Waals surface area contributed by atoms with Gasteiger partial charge in [0.05, 0.1) is 6.61 Å². The Kier molecular flexibility index (Phi) is 2.52. The van der Waals surface area contributed by atoms with Crippen LogP contribution in [-0.2, 0) is 9.63 Å². The molecule has 1 amide bonds. The van der Waals surface area contributed by atoms with Crippen molar-refractivity contribution in [3.63, 3.8) is 0 Å². The standard InChI is InChI=1S/C9H15NO2/c1-4-12-10-6-5-9(2,3)7-8(10)11/h5-6H,4,7H2,1-3H3. The van der Waals surface area contributed by atoms with Crippen molar-refractivity contribution in [1.82, 2.24) is 5.06 Å². The molecule has 0 aromatic rings. The highest BCUT2D eigenvalue weighted by Crippen LogP contribution is 2.27. The molecule has 0 aromatic carbocycles. The molecule has 1 aliphatic heterocycles. The van der Waals surface area contributed by atoms with Crippen molar-refractivity contribution < 1.29 is 9.63 Å². The van der Waals surface area contributed by atoms with Gasteiger partial charge in [-0.25, -0.2) is 0 Å². The molecule has 1 aliphatic rings. The van der Waals surface area contributed by atoms with Crippen molar-refractivity contribution >= 4 is 5.91 Å². The zero-order valence-corrected chi connectivity index (χ0v) is 7.83. The van der Waals surface area contributed by atoms with Crippen molar-refractivity contribution in [2.24, 2.45) is 5.41 Å². The summed E-state index contributed by atoms with van der Waals surface area (Å²) < 4.78 is 0. The largest absolute Gasteiger partial charge is 0.272 e. The Labute approximate surface area is 73.0 Å². The van der Waals surface area contributed by atoms with Gasteiger partial charge in [0.25, 0.3) is 5.91 Å². The van der Waals surface area contributed by atoms with Crippen molar-refractivity contribution in [1.29, 1.82) is 0 Å². The van der Waals surface area contributed by atoms with Gasteiger partial charge in [0.1, 0.15) is 0 Å². The van der Waals surface area contributed by atoms with E-state index in [2.05, 4.69) is 0 Å². The van der Waals surface area contributed by atoms with Crippen LogP contribution < -0.4 is 0 Å². The Morgan fingerprint density at radius 1 is 1.67 bits per heavy atom. The van der Waals surface area contributed by atoms with E-state index in [9.17, 15) is 4.79 Å². The van der Waals surface area contributed by atoms with E-state index in [1.807, 2.05) is 26.8 Å². The molecular weight excluding hydrogens is 154 g/mol. The number of hydrogen-bond acceptors (Lipinski definition) is 2. The zero-order chi connectivity index (χ0) is 9.19. The molecular formula is C9H15NO2. The average molecular weight is 169 g/mol. The molecule has 3 nitrogen and oxygen atoms in total. The van der Waals surface area contributed by atoms with Crippen LogP contribution in [0.2, 0.25) is 0 Å². The zero-order valence-electron chi connectivity index (χ0n) is 7.83. The second-order valence-electron chi connectivity index (χ2n) is 3.62. The van der Waals surface area contributed by atoms with E-state index in [-0.39, 0.29) is 11.3 Å². The maximum atomic E-state index is 11.3. The lowest BCUT2D eigenvalue weighted by Crippen LogP contribution is -2.33. The highest BCUT2D eigenvalue weighted by molar-refractivity contribution is 5.78. The van der Waals surface area contributed by atoms with Gasteiger partial charge in [-0.3, -0.25) is 9.63 Å². The topological polar surface area (TPSA) is 29.5 Å². The fourth-order valence-electron chi connectivity index (χ4n) is 1.13. The molecule has 68 valence electrons. The lowest BCUT2D eigenvalue weighted by molar-refractivity contribution is -0.173. The van der Waals surface area contributed by atoms with Crippen molar-refractivity contribution in [3.8, 4) is 0 Å². The number of amides is 1. The molecule has 0 saturated carbocycles. The molecule has 0 saturated heterocycles. The van der Waals surface area contributed by atoms with E-state index in [0.29, 0.717) is 13.0 Å². The molecule has 3 heteroatoms. The highest BCUT2D eigenvalue weighted by atomic mass is 16.7. The van der Waals surface area contributed by atoms with E-state index in [4.69, 9.17) is 4.84 Å². The first-order valence-corrected chi connectivity index (χ1v) is 4.19. The Morgan fingerprint density at radius 3 is 2.83 bits per heavy atom. The van der Waals surface area contributed by atoms with Crippen LogP contribution in [0.1, 0.15) is 27.2 Å². The maximum Gasteiger partial charge on any atom is 0.251 e. The van der Waals surface area contributed by atoms with Gasteiger partial charge in [0.2, 0.25) is 0 Å². The quantitative estimate of drug-likeness (QED) is 0.629. The van der Waals surface area contributed by atoms with Gasteiger partial charge in [-0.15, -0.1) is 0 Å². The first-order valence-electron chi connectivity index (χ1n) is 4.19. The predicted octanol–water partition coefficient (Wildman–Crippen LogP) is 1.71. The molecule has 0 atom stereocenters. The van der Waals surface area contributed by atoms with Crippen LogP contribution in [0.25, 0.3) is 0 Å². The Hall–Kier alpha value is -0.830. The Balaban J connectivity index is 2.66. The van der Waals surface area contributed by atoms with Gasteiger partial charge in [0, 0.05) is 12.6 Å². The third kappa shape index (κ3) is 2.08. The van der Waals surface area contributed by atoms with Crippen molar-refractivity contribution in [2.45, 2.75) is 27.2 Å². The van der Waals surface area contributed by atoms with Gasteiger partial charge < -0.3 is 0 Å². The third-order valence-electron chi connectivity index (χ3n) is 1.78. The summed E-state index contributed by atoms with van der Waals surface area (Å²) in [7, 11) is 0. The molecule has 0 N–H and O–H groups in total. The number of nitrogens with zero attached hydrogens (tertiary/aromatic N) is 1. The number of rotatable bonds is 2. The summed E-state index contributed by atoms with van der Waals surface area (Å²) in [5.74, 6) is 0.0318. The third-order valence-corrected chi connectivity index (χ3v) is 1.78. The van der Waals surface area contributed by atoms with Crippen molar-refractivity contribution in [3.05, 3.63) is 12.3 Å². The Morgan fingerprint density at radius 2 is 2.33 bits per heavy atom. The minimum atomic E-state index is -0.0231. The predicted molar refractivity (Wildman–Crippen MR) is 46.0 cm³/mol. The molecule has 1 heterocycles. The van der Waals surface area contributed by atoms with Crippen LogP contribution in [-0.4, -0.2) is 17.6 Å². The van der Waals surface area contributed by atoms with Crippen LogP contribution in [0, 0.1) is 5.41 Å². The van der Waals surface area contributed by atoms with E-state index in [1.54, 1.807) is 6.20 Å². The smallest absolute Gasteiger partial charge is 0.251 e. The van der Waals surface area contributed by atoms with Crippen molar-refractivity contribution in [2.75, 3.05) is 6.61 Å². The summed E-state index contributed by atoms with van der Waals surface area (Å²) in [5, 5.41) is 1.31. The maximum absolute atomic E-state index is 11.3. The second-order valence-corrected chi connectivity index (χ2v) is 3.62. The molecule has 0 bridgehead atoms. The monoisotopic (exact) mass is 169 g/mol. The number of allylic oxidation sites excluding steroid dienone is 1. The molecule has 0 aliphatic carbocycles. The lowest BCUT2D eigenvalue weighted by atomic mass is 9.87. The summed E-state index contributed by atoms with van der Waals surface area (Å²) in [6.07, 6.45) is 4.21. The fourth-order valence-corrected chi connectivity index (χ4v) is 1.13. The van der Waals surface area contributed by atoms with Gasteiger partial charge in [0.15, 0.2) is 0 Å². The van der Waals surface area contributed by atoms with Crippen LogP contribution in [0.15, 0.2) is 12.3 Å². The van der Waals surface area contributed by atoms with Gasteiger partial charge >= 0.3 is 0 Å². The van der Waals surface area contributed by atoms with Gasteiger partial charge in [-0.2, -0.15) is 5.06 Å². The van der Waals surface area contributed by atoms with Crippen LogP contribution >= 0.6 is 0 Å². The normalized spacial score (nSPS) is 21.6. The van der Waals surface area contributed by atoms with Gasteiger partial charge in [-0.1, -0.05) is 19.9 Å². The van der Waals surface area contributed by atoms with E-state index < -0.39 is 0 Å².